The molecule has 3 aliphatic heterocycles. The van der Waals surface area contributed by atoms with E-state index in [1.54, 1.807) is 12.1 Å². The molecule has 1 unspecified atom stereocenters. The van der Waals surface area contributed by atoms with Gasteiger partial charge in [-0.2, -0.15) is 0 Å². The number of piperidine rings is 1. The summed E-state index contributed by atoms with van der Waals surface area (Å²) in [6.07, 6.45) is 1.98. The van der Waals surface area contributed by atoms with Gasteiger partial charge in [0.15, 0.2) is 0 Å². The third-order valence-corrected chi connectivity index (χ3v) is 7.25. The second kappa shape index (κ2) is 9.58. The second-order valence-electron chi connectivity index (χ2n) is 9.53. The molecular weight excluding hydrogens is 448 g/mol. The smallest absolute Gasteiger partial charge is 0.261 e. The van der Waals surface area contributed by atoms with Gasteiger partial charge in [0.2, 0.25) is 11.8 Å². The first-order chi connectivity index (χ1) is 16.4. The van der Waals surface area contributed by atoms with Gasteiger partial charge in [-0.15, -0.1) is 0 Å². The number of alkyl halides is 2. The van der Waals surface area contributed by atoms with Crippen LogP contribution in [0.1, 0.15) is 54.4 Å². The van der Waals surface area contributed by atoms with Crippen LogP contribution in [0.25, 0.3) is 0 Å². The van der Waals surface area contributed by atoms with Crippen LogP contribution in [0.2, 0.25) is 0 Å². The largest absolute Gasteiger partial charge is 0.489 e. The van der Waals surface area contributed by atoms with E-state index in [9.17, 15) is 23.2 Å². The summed E-state index contributed by atoms with van der Waals surface area (Å²) in [5.74, 6) is -0.261. The van der Waals surface area contributed by atoms with Gasteiger partial charge in [0, 0.05) is 37.7 Å². The van der Waals surface area contributed by atoms with Crippen molar-refractivity contribution >= 4 is 17.7 Å². The molecule has 34 heavy (non-hydrogen) atoms. The highest BCUT2D eigenvalue weighted by Crippen LogP contribution is 2.34. The molecule has 4 aliphatic rings. The van der Waals surface area contributed by atoms with Crippen molar-refractivity contribution in [3.05, 3.63) is 29.3 Å². The Labute approximate surface area is 196 Å². The molecular formula is C24H29F2N3O5. The first-order valence-corrected chi connectivity index (χ1v) is 12.0. The van der Waals surface area contributed by atoms with Crippen molar-refractivity contribution in [2.24, 2.45) is 0 Å². The van der Waals surface area contributed by atoms with Crippen LogP contribution in [0, 0.1) is 0 Å². The number of benzene rings is 1. The zero-order valence-electron chi connectivity index (χ0n) is 18.9. The molecule has 3 amide bonds. The van der Waals surface area contributed by atoms with Crippen molar-refractivity contribution in [3.63, 3.8) is 0 Å². The minimum absolute atomic E-state index is 0.0220. The summed E-state index contributed by atoms with van der Waals surface area (Å²) in [4.78, 5) is 40.4. The summed E-state index contributed by atoms with van der Waals surface area (Å²) < 4.78 is 36.4. The highest BCUT2D eigenvalue weighted by molar-refractivity contribution is 6.05. The lowest BCUT2D eigenvalue weighted by molar-refractivity contribution is -0.136. The molecule has 1 saturated carbocycles. The van der Waals surface area contributed by atoms with E-state index in [0.29, 0.717) is 37.4 Å². The number of carbonyl (C=O) groups excluding carboxylic acids is 3. The Morgan fingerprint density at radius 3 is 2.65 bits per heavy atom. The maximum absolute atomic E-state index is 12.9. The summed E-state index contributed by atoms with van der Waals surface area (Å²) in [5, 5.41) is 2.31. The van der Waals surface area contributed by atoms with Gasteiger partial charge in [-0.1, -0.05) is 6.42 Å². The Kier molecular flexibility index (Phi) is 6.52. The number of amides is 3. The molecule has 0 bridgehead atoms. The van der Waals surface area contributed by atoms with E-state index in [1.807, 2.05) is 6.07 Å². The average molecular weight is 478 g/mol. The van der Waals surface area contributed by atoms with Gasteiger partial charge in [-0.05, 0) is 49.4 Å². The molecule has 8 nitrogen and oxygen atoms in total. The van der Waals surface area contributed by atoms with E-state index < -0.39 is 25.0 Å². The maximum Gasteiger partial charge on any atom is 0.261 e. The van der Waals surface area contributed by atoms with Gasteiger partial charge in [0.05, 0.1) is 6.10 Å². The fourth-order valence-corrected chi connectivity index (χ4v) is 5.49. The number of carbonyl (C=O) groups is 3. The quantitative estimate of drug-likeness (QED) is 0.606. The molecule has 0 spiro atoms. The van der Waals surface area contributed by atoms with Gasteiger partial charge in [0.1, 0.15) is 24.5 Å². The molecule has 3 heterocycles. The number of likely N-dealkylation sites (tertiary alicyclic amines) is 1. The number of hydrogen-bond donors (Lipinski definition) is 1. The van der Waals surface area contributed by atoms with E-state index in [0.717, 1.165) is 31.2 Å². The molecule has 184 valence electrons. The molecule has 2 saturated heterocycles. The first-order valence-electron chi connectivity index (χ1n) is 12.0. The van der Waals surface area contributed by atoms with Crippen molar-refractivity contribution in [2.75, 3.05) is 19.7 Å². The topological polar surface area (TPSA) is 88.2 Å². The standard InChI is InChI=1S/C24H29F2N3O5/c25-21(26)13-33-16-11-28(12-16)18-3-1-2-4-20(18)34-15-5-6-17-14(9-15)10-29(24(17)32)19-7-8-22(30)27-23(19)31/h5-6,9,16,18-21H,1-4,7-8,10-13H2,(H,27,30,31)/t18-,19?,20+/m1/s1. The fourth-order valence-electron chi connectivity index (χ4n) is 5.49. The van der Waals surface area contributed by atoms with Crippen LogP contribution < -0.4 is 10.1 Å². The maximum atomic E-state index is 12.9. The van der Waals surface area contributed by atoms with E-state index in [1.165, 1.54) is 4.90 Å². The Morgan fingerprint density at radius 1 is 1.09 bits per heavy atom. The lowest BCUT2D eigenvalue weighted by atomic mass is 9.89. The zero-order chi connectivity index (χ0) is 23.8. The lowest BCUT2D eigenvalue weighted by Gasteiger charge is -2.48. The Hall–Kier alpha value is -2.59. The average Bonchev–Trinajstić information content (AvgIpc) is 3.09. The summed E-state index contributed by atoms with van der Waals surface area (Å²) in [5.41, 5.74) is 1.36. The van der Waals surface area contributed by atoms with E-state index in [4.69, 9.17) is 9.47 Å². The molecule has 1 aromatic carbocycles. The van der Waals surface area contributed by atoms with Crippen LogP contribution in [-0.4, -0.2) is 77.9 Å². The highest BCUT2D eigenvalue weighted by Gasteiger charge is 2.41. The normalized spacial score (nSPS) is 28.1. The number of halogens is 2. The molecule has 3 fully saturated rings. The third-order valence-electron chi connectivity index (χ3n) is 7.25. The third kappa shape index (κ3) is 4.65. The van der Waals surface area contributed by atoms with Crippen LogP contribution in [-0.2, 0) is 20.9 Å². The lowest BCUT2D eigenvalue weighted by Crippen LogP contribution is -2.61. The number of nitrogens with one attached hydrogen (secondary N) is 1. The van der Waals surface area contributed by atoms with Crippen molar-refractivity contribution < 1.29 is 32.6 Å². The van der Waals surface area contributed by atoms with Gasteiger partial charge in [-0.3, -0.25) is 24.6 Å². The summed E-state index contributed by atoms with van der Waals surface area (Å²) >= 11 is 0. The van der Waals surface area contributed by atoms with Gasteiger partial charge in [-0.25, -0.2) is 8.78 Å². The fraction of sp³-hybridized carbons (Fsp3) is 0.625. The Bertz CT molecular complexity index is 968. The molecule has 0 radical (unpaired) electrons. The SMILES string of the molecule is O=C1CCC(N2Cc3cc(O[C@H]4CCCC[C@H]4N4CC(OCC(F)F)C4)ccc3C2=O)C(=O)N1. The Morgan fingerprint density at radius 2 is 1.88 bits per heavy atom. The van der Waals surface area contributed by atoms with Crippen molar-refractivity contribution in [3.8, 4) is 5.75 Å². The van der Waals surface area contributed by atoms with Crippen LogP contribution in [0.5, 0.6) is 5.75 Å². The van der Waals surface area contributed by atoms with Gasteiger partial charge < -0.3 is 14.4 Å². The van der Waals surface area contributed by atoms with E-state index in [-0.39, 0.29) is 36.5 Å². The van der Waals surface area contributed by atoms with Crippen molar-refractivity contribution in [1.82, 2.24) is 15.1 Å². The molecule has 1 aromatic rings. The summed E-state index contributed by atoms with van der Waals surface area (Å²) in [6, 6.07) is 4.97. The van der Waals surface area contributed by atoms with Crippen LogP contribution in [0.3, 0.4) is 0 Å². The predicted octanol–water partition coefficient (Wildman–Crippen LogP) is 2.10. The van der Waals surface area contributed by atoms with Gasteiger partial charge >= 0.3 is 0 Å². The minimum atomic E-state index is -2.45. The predicted molar refractivity (Wildman–Crippen MR) is 116 cm³/mol. The minimum Gasteiger partial charge on any atom is -0.489 e. The highest BCUT2D eigenvalue weighted by atomic mass is 19.3. The van der Waals surface area contributed by atoms with Gasteiger partial charge in [0.25, 0.3) is 12.3 Å². The number of imide groups is 1. The molecule has 10 heteroatoms. The van der Waals surface area contributed by atoms with Crippen molar-refractivity contribution in [2.45, 2.75) is 75.8 Å². The summed E-state index contributed by atoms with van der Waals surface area (Å²) in [7, 11) is 0. The van der Waals surface area contributed by atoms with E-state index in [2.05, 4.69) is 10.2 Å². The number of nitrogens with zero attached hydrogens (tertiary/aromatic N) is 2. The number of fused-ring (bicyclic) bond motifs is 1. The molecule has 1 N–H and O–H groups in total. The van der Waals surface area contributed by atoms with E-state index >= 15 is 0 Å². The molecule has 3 atom stereocenters. The first kappa shape index (κ1) is 23.2. The Balaban J connectivity index is 1.22. The number of rotatable bonds is 7. The number of ether oxygens (including phenoxy) is 2. The van der Waals surface area contributed by atoms with Crippen LogP contribution >= 0.6 is 0 Å². The monoisotopic (exact) mass is 477 g/mol. The van der Waals surface area contributed by atoms with Crippen LogP contribution in [0.4, 0.5) is 8.78 Å². The molecule has 0 aromatic heterocycles. The van der Waals surface area contributed by atoms with Crippen LogP contribution in [0.15, 0.2) is 18.2 Å². The molecule has 1 aliphatic carbocycles. The second-order valence-corrected chi connectivity index (χ2v) is 9.53. The van der Waals surface area contributed by atoms with Crippen molar-refractivity contribution in [1.29, 1.82) is 0 Å². The summed E-state index contributed by atoms with van der Waals surface area (Å²) in [6.45, 7) is 1.06. The number of hydrogen-bond acceptors (Lipinski definition) is 6. The molecule has 5 rings (SSSR count). The zero-order valence-corrected chi connectivity index (χ0v) is 18.9.